The zero-order chi connectivity index (χ0) is 10.3. The Kier molecular flexibility index (Phi) is 6.47. The minimum Gasteiger partial charge on any atom is -0.299 e. The summed E-state index contributed by atoms with van der Waals surface area (Å²) in [7, 11) is 0. The Hall–Kier alpha value is -0.660. The number of ketones is 1. The molecule has 75 valence electrons. The van der Waals surface area contributed by atoms with Crippen LogP contribution in [0.25, 0.3) is 0 Å². The molecule has 2 nitrogen and oxygen atoms in total. The van der Waals surface area contributed by atoms with E-state index in [1.54, 1.807) is 0 Å². The molecule has 0 aromatic carbocycles. The Labute approximate surface area is 80.7 Å². The predicted octanol–water partition coefficient (Wildman–Crippen LogP) is 2.52. The van der Waals surface area contributed by atoms with Gasteiger partial charge in [0.1, 0.15) is 5.78 Å². The molecule has 0 aliphatic rings. The van der Waals surface area contributed by atoms with Gasteiger partial charge < -0.3 is 0 Å². The van der Waals surface area contributed by atoms with Crippen molar-refractivity contribution in [1.29, 1.82) is 0 Å². The van der Waals surface area contributed by atoms with Crippen LogP contribution in [-0.2, 0) is 9.59 Å². The summed E-state index contributed by atoms with van der Waals surface area (Å²) in [6, 6.07) is 0. The van der Waals surface area contributed by atoms with Gasteiger partial charge in [-0.05, 0) is 12.3 Å². The maximum atomic E-state index is 11.4. The largest absolute Gasteiger partial charge is 0.299 e. The molecule has 1 atom stereocenters. The molecule has 1 radical (unpaired) electrons. The van der Waals surface area contributed by atoms with Crippen molar-refractivity contribution < 1.29 is 9.59 Å². The van der Waals surface area contributed by atoms with Crippen molar-refractivity contribution in [3.8, 4) is 0 Å². The lowest BCUT2D eigenvalue weighted by molar-refractivity contribution is -0.122. The molecule has 0 aliphatic carbocycles. The average Bonchev–Trinajstić information content (AvgIpc) is 2.05. The molecule has 0 rings (SSSR count). The molecular formula is C11H19O2. The van der Waals surface area contributed by atoms with Crippen molar-refractivity contribution in [2.24, 2.45) is 11.8 Å². The number of carbonyl (C=O) groups excluding carboxylic acids is 2. The number of unbranched alkanes of at least 4 members (excludes halogenated alkanes) is 2. The van der Waals surface area contributed by atoms with Gasteiger partial charge in [-0.15, -0.1) is 0 Å². The molecule has 0 saturated carbocycles. The second-order valence-electron chi connectivity index (χ2n) is 3.76. The van der Waals surface area contributed by atoms with E-state index in [0.29, 0.717) is 6.42 Å². The van der Waals surface area contributed by atoms with Crippen molar-refractivity contribution in [3.63, 3.8) is 0 Å². The summed E-state index contributed by atoms with van der Waals surface area (Å²) in [6.45, 7) is 5.86. The first-order valence-electron chi connectivity index (χ1n) is 5.03. The lowest BCUT2D eigenvalue weighted by Crippen LogP contribution is -2.21. The minimum absolute atomic E-state index is 0.0541. The van der Waals surface area contributed by atoms with E-state index in [9.17, 15) is 9.59 Å². The van der Waals surface area contributed by atoms with Crippen molar-refractivity contribution in [2.75, 3.05) is 0 Å². The van der Waals surface area contributed by atoms with Crippen LogP contribution in [0, 0.1) is 11.8 Å². The van der Waals surface area contributed by atoms with Gasteiger partial charge in [-0.25, -0.2) is 0 Å². The van der Waals surface area contributed by atoms with Crippen LogP contribution in [0.2, 0.25) is 0 Å². The molecule has 0 aromatic heterocycles. The van der Waals surface area contributed by atoms with E-state index in [-0.39, 0.29) is 11.7 Å². The molecule has 0 aromatic rings. The Morgan fingerprint density at radius 3 is 2.31 bits per heavy atom. The smallest absolute Gasteiger partial charge is 0.209 e. The van der Waals surface area contributed by atoms with Gasteiger partial charge in [0.25, 0.3) is 0 Å². The van der Waals surface area contributed by atoms with E-state index in [1.807, 2.05) is 20.1 Å². The Morgan fingerprint density at radius 2 is 1.92 bits per heavy atom. The van der Waals surface area contributed by atoms with Crippen molar-refractivity contribution in [2.45, 2.75) is 46.5 Å². The van der Waals surface area contributed by atoms with Gasteiger partial charge in [-0.1, -0.05) is 33.6 Å². The molecule has 0 bridgehead atoms. The van der Waals surface area contributed by atoms with Crippen LogP contribution in [0.4, 0.5) is 0 Å². The molecule has 13 heavy (non-hydrogen) atoms. The third kappa shape index (κ3) is 4.81. The van der Waals surface area contributed by atoms with Gasteiger partial charge in [0.2, 0.25) is 6.29 Å². The summed E-state index contributed by atoms with van der Waals surface area (Å²) in [5.74, 6) is -0.359. The highest BCUT2D eigenvalue weighted by molar-refractivity contribution is 5.93. The highest BCUT2D eigenvalue weighted by Crippen LogP contribution is 2.13. The molecular weight excluding hydrogens is 164 g/mol. The van der Waals surface area contributed by atoms with Crippen LogP contribution in [0.3, 0.4) is 0 Å². The molecule has 0 spiro atoms. The average molecular weight is 183 g/mol. The normalized spacial score (nSPS) is 12.9. The number of rotatable bonds is 7. The van der Waals surface area contributed by atoms with Crippen LogP contribution < -0.4 is 0 Å². The first-order chi connectivity index (χ1) is 6.13. The van der Waals surface area contributed by atoms with Crippen molar-refractivity contribution >= 4 is 12.1 Å². The van der Waals surface area contributed by atoms with Gasteiger partial charge in [0, 0.05) is 6.42 Å². The highest BCUT2D eigenvalue weighted by atomic mass is 16.1. The summed E-state index contributed by atoms with van der Waals surface area (Å²) in [5, 5.41) is 0. The summed E-state index contributed by atoms with van der Waals surface area (Å²) >= 11 is 0. The third-order valence-corrected chi connectivity index (χ3v) is 2.17. The first-order valence-corrected chi connectivity index (χ1v) is 5.03. The van der Waals surface area contributed by atoms with Gasteiger partial charge >= 0.3 is 0 Å². The summed E-state index contributed by atoms with van der Waals surface area (Å²) < 4.78 is 0. The molecule has 0 saturated heterocycles. The standard InChI is InChI=1S/C11H19O2/c1-4-5-6-7-11(13)10(8-12)9(2)3/h9-10H,4-7H2,1-3H3. The minimum atomic E-state index is -0.503. The second kappa shape index (κ2) is 6.81. The molecule has 0 heterocycles. The van der Waals surface area contributed by atoms with E-state index >= 15 is 0 Å². The second-order valence-corrected chi connectivity index (χ2v) is 3.76. The predicted molar refractivity (Wildman–Crippen MR) is 53.2 cm³/mol. The lowest BCUT2D eigenvalue weighted by atomic mass is 9.90. The van der Waals surface area contributed by atoms with E-state index in [2.05, 4.69) is 6.92 Å². The fraction of sp³-hybridized carbons (Fsp3) is 0.818. The zero-order valence-corrected chi connectivity index (χ0v) is 8.80. The molecule has 1 unspecified atom stereocenters. The maximum Gasteiger partial charge on any atom is 0.209 e. The van der Waals surface area contributed by atoms with Gasteiger partial charge in [-0.3, -0.25) is 9.59 Å². The molecule has 0 aliphatic heterocycles. The summed E-state index contributed by atoms with van der Waals surface area (Å²) in [4.78, 5) is 21.9. The monoisotopic (exact) mass is 183 g/mol. The fourth-order valence-corrected chi connectivity index (χ4v) is 1.28. The van der Waals surface area contributed by atoms with Crippen molar-refractivity contribution in [3.05, 3.63) is 0 Å². The van der Waals surface area contributed by atoms with Crippen LogP contribution in [-0.4, -0.2) is 12.1 Å². The van der Waals surface area contributed by atoms with E-state index in [4.69, 9.17) is 0 Å². The maximum absolute atomic E-state index is 11.4. The van der Waals surface area contributed by atoms with E-state index in [1.165, 1.54) is 0 Å². The Morgan fingerprint density at radius 1 is 1.31 bits per heavy atom. The van der Waals surface area contributed by atoms with Crippen molar-refractivity contribution in [1.82, 2.24) is 0 Å². The fourth-order valence-electron chi connectivity index (χ4n) is 1.28. The van der Waals surface area contributed by atoms with Gasteiger partial charge in [0.05, 0.1) is 5.92 Å². The molecule has 0 amide bonds. The number of Topliss-reactive ketones (excluding diaryl/α,β-unsaturated/α-hetero) is 1. The van der Waals surface area contributed by atoms with Gasteiger partial charge in [-0.2, -0.15) is 0 Å². The van der Waals surface area contributed by atoms with Crippen LogP contribution in [0.15, 0.2) is 0 Å². The third-order valence-electron chi connectivity index (χ3n) is 2.17. The summed E-state index contributed by atoms with van der Waals surface area (Å²) in [5.41, 5.74) is 0. The van der Waals surface area contributed by atoms with E-state index in [0.717, 1.165) is 19.3 Å². The quantitative estimate of drug-likeness (QED) is 0.449. The topological polar surface area (TPSA) is 34.1 Å². The molecule has 0 fully saturated rings. The van der Waals surface area contributed by atoms with Crippen LogP contribution in [0.1, 0.15) is 46.5 Å². The number of hydrogen-bond donors (Lipinski definition) is 0. The zero-order valence-electron chi connectivity index (χ0n) is 8.80. The van der Waals surface area contributed by atoms with Crippen LogP contribution in [0.5, 0.6) is 0 Å². The highest BCUT2D eigenvalue weighted by Gasteiger charge is 2.21. The number of carbonyl (C=O) groups is 1. The van der Waals surface area contributed by atoms with Gasteiger partial charge in [0.15, 0.2) is 0 Å². The Bertz CT molecular complexity index is 161. The summed E-state index contributed by atoms with van der Waals surface area (Å²) in [6.07, 6.45) is 5.43. The Balaban J connectivity index is 3.85. The first kappa shape index (κ1) is 12.3. The molecule has 0 N–H and O–H groups in total. The SMILES string of the molecule is CCCCCC(=O)C([C]=O)C(C)C. The van der Waals surface area contributed by atoms with Crippen LogP contribution >= 0.6 is 0 Å². The molecule has 2 heteroatoms. The number of hydrogen-bond acceptors (Lipinski definition) is 2. The lowest BCUT2D eigenvalue weighted by Gasteiger charge is -2.11. The van der Waals surface area contributed by atoms with E-state index < -0.39 is 5.92 Å².